The van der Waals surface area contributed by atoms with Crippen molar-refractivity contribution in [3.8, 4) is 11.3 Å². The predicted molar refractivity (Wildman–Crippen MR) is 73.6 cm³/mol. The highest BCUT2D eigenvalue weighted by molar-refractivity contribution is 9.10. The van der Waals surface area contributed by atoms with E-state index in [4.69, 9.17) is 5.11 Å². The summed E-state index contributed by atoms with van der Waals surface area (Å²) in [6.45, 7) is 0. The summed E-state index contributed by atoms with van der Waals surface area (Å²) in [6.07, 6.45) is 2.08. The van der Waals surface area contributed by atoms with Gasteiger partial charge in [-0.3, -0.25) is 4.79 Å². The van der Waals surface area contributed by atoms with Gasteiger partial charge in [-0.2, -0.15) is 0 Å². The van der Waals surface area contributed by atoms with Crippen LogP contribution in [-0.2, 0) is 4.79 Å². The molecule has 0 aliphatic heterocycles. The van der Waals surface area contributed by atoms with Gasteiger partial charge in [0.2, 0.25) is 0 Å². The molecule has 20 heavy (non-hydrogen) atoms. The fraction of sp³-hybridized carbons (Fsp3) is 0.214. The molecule has 1 saturated carbocycles. The number of hydrogen-bond donors (Lipinski definition) is 1. The lowest BCUT2D eigenvalue weighted by atomic mass is 10.1. The molecule has 4 nitrogen and oxygen atoms in total. The van der Waals surface area contributed by atoms with Crippen LogP contribution in [0.1, 0.15) is 18.2 Å². The Labute approximate surface area is 122 Å². The molecular formula is C14H10BrFN2O2. The summed E-state index contributed by atoms with van der Waals surface area (Å²) >= 11 is 3.29. The molecule has 1 aromatic heterocycles. The molecular weight excluding hydrogens is 327 g/mol. The summed E-state index contributed by atoms with van der Waals surface area (Å²) in [5.41, 5.74) is 0.834. The topological polar surface area (TPSA) is 63.1 Å². The Bertz CT molecular complexity index is 693. The van der Waals surface area contributed by atoms with E-state index >= 15 is 0 Å². The van der Waals surface area contributed by atoms with E-state index in [1.54, 1.807) is 18.2 Å². The third kappa shape index (κ3) is 2.43. The predicted octanol–water partition coefficient (Wildman–Crippen LogP) is 3.23. The average Bonchev–Trinajstić information content (AvgIpc) is 3.22. The largest absolute Gasteiger partial charge is 0.481 e. The number of carboxylic acids is 1. The van der Waals surface area contributed by atoms with Crippen LogP contribution in [0.15, 0.2) is 34.9 Å². The molecule has 0 saturated heterocycles. The van der Waals surface area contributed by atoms with E-state index in [2.05, 4.69) is 25.9 Å². The molecule has 102 valence electrons. The Morgan fingerprint density at radius 3 is 2.90 bits per heavy atom. The number of carboxylic acid groups (broad SMARTS) is 1. The van der Waals surface area contributed by atoms with Gasteiger partial charge in [-0.25, -0.2) is 14.4 Å². The van der Waals surface area contributed by atoms with Gasteiger partial charge in [0.15, 0.2) is 0 Å². The lowest BCUT2D eigenvalue weighted by Crippen LogP contribution is -2.02. The monoisotopic (exact) mass is 336 g/mol. The van der Waals surface area contributed by atoms with Crippen molar-refractivity contribution in [2.24, 2.45) is 5.92 Å². The minimum absolute atomic E-state index is 0.164. The van der Waals surface area contributed by atoms with Crippen LogP contribution in [-0.4, -0.2) is 21.0 Å². The van der Waals surface area contributed by atoms with Crippen molar-refractivity contribution in [3.63, 3.8) is 0 Å². The van der Waals surface area contributed by atoms with Gasteiger partial charge in [0.25, 0.3) is 0 Å². The van der Waals surface area contributed by atoms with E-state index in [-0.39, 0.29) is 11.7 Å². The zero-order chi connectivity index (χ0) is 14.3. The highest BCUT2D eigenvalue weighted by Crippen LogP contribution is 2.46. The van der Waals surface area contributed by atoms with Gasteiger partial charge in [-0.15, -0.1) is 0 Å². The molecule has 2 aromatic rings. The summed E-state index contributed by atoms with van der Waals surface area (Å²) in [4.78, 5) is 19.3. The number of aliphatic carboxylic acids is 1. The number of nitrogens with zero attached hydrogens (tertiary/aromatic N) is 2. The Morgan fingerprint density at radius 1 is 1.40 bits per heavy atom. The molecule has 3 rings (SSSR count). The lowest BCUT2D eigenvalue weighted by molar-refractivity contribution is -0.138. The van der Waals surface area contributed by atoms with E-state index in [9.17, 15) is 9.18 Å². The zero-order valence-electron chi connectivity index (χ0n) is 10.3. The summed E-state index contributed by atoms with van der Waals surface area (Å²) in [6, 6.07) is 6.23. The van der Waals surface area contributed by atoms with Crippen LogP contribution in [0.3, 0.4) is 0 Å². The SMILES string of the molecule is O=C(O)C1CC1c1nccc(-c2cc(Br)ccc2F)n1. The fourth-order valence-corrected chi connectivity index (χ4v) is 2.51. The first kappa shape index (κ1) is 13.2. The molecule has 6 heteroatoms. The fourth-order valence-electron chi connectivity index (χ4n) is 2.15. The smallest absolute Gasteiger partial charge is 0.307 e. The molecule has 0 radical (unpaired) electrons. The van der Waals surface area contributed by atoms with E-state index < -0.39 is 11.9 Å². The summed E-state index contributed by atoms with van der Waals surface area (Å²) in [7, 11) is 0. The van der Waals surface area contributed by atoms with Crippen molar-refractivity contribution >= 4 is 21.9 Å². The van der Waals surface area contributed by atoms with Crippen LogP contribution >= 0.6 is 15.9 Å². The molecule has 0 spiro atoms. The number of rotatable bonds is 3. The molecule has 1 N–H and O–H groups in total. The van der Waals surface area contributed by atoms with E-state index in [1.165, 1.54) is 12.3 Å². The molecule has 1 heterocycles. The Kier molecular flexibility index (Phi) is 3.25. The number of benzene rings is 1. The Morgan fingerprint density at radius 2 is 2.20 bits per heavy atom. The summed E-state index contributed by atoms with van der Waals surface area (Å²) in [5, 5.41) is 8.93. The van der Waals surface area contributed by atoms with Crippen molar-refractivity contribution in [3.05, 3.63) is 46.6 Å². The number of carbonyl (C=O) groups is 1. The second kappa shape index (κ2) is 4.94. The minimum atomic E-state index is -0.836. The van der Waals surface area contributed by atoms with Crippen LogP contribution < -0.4 is 0 Å². The van der Waals surface area contributed by atoms with Crippen LogP contribution in [0.2, 0.25) is 0 Å². The van der Waals surface area contributed by atoms with Gasteiger partial charge >= 0.3 is 5.97 Å². The first-order valence-electron chi connectivity index (χ1n) is 6.07. The maximum absolute atomic E-state index is 13.8. The maximum atomic E-state index is 13.8. The summed E-state index contributed by atoms with van der Waals surface area (Å²) in [5.74, 6) is -1.32. The van der Waals surface area contributed by atoms with E-state index in [0.29, 0.717) is 23.5 Å². The van der Waals surface area contributed by atoms with Crippen LogP contribution in [0, 0.1) is 11.7 Å². The van der Waals surface area contributed by atoms with Crippen molar-refractivity contribution in [2.75, 3.05) is 0 Å². The second-order valence-corrected chi connectivity index (χ2v) is 5.63. The first-order chi connectivity index (χ1) is 9.56. The number of halogens is 2. The highest BCUT2D eigenvalue weighted by atomic mass is 79.9. The lowest BCUT2D eigenvalue weighted by Gasteiger charge is -2.05. The minimum Gasteiger partial charge on any atom is -0.481 e. The first-order valence-corrected chi connectivity index (χ1v) is 6.86. The van der Waals surface area contributed by atoms with E-state index in [0.717, 1.165) is 4.47 Å². The molecule has 1 fully saturated rings. The second-order valence-electron chi connectivity index (χ2n) is 4.71. The van der Waals surface area contributed by atoms with Gasteiger partial charge in [0.1, 0.15) is 11.6 Å². The van der Waals surface area contributed by atoms with Gasteiger partial charge in [0.05, 0.1) is 11.6 Å². The molecule has 1 aromatic carbocycles. The quantitative estimate of drug-likeness (QED) is 0.934. The molecule has 2 unspecified atom stereocenters. The van der Waals surface area contributed by atoms with Crippen molar-refractivity contribution in [2.45, 2.75) is 12.3 Å². The third-order valence-electron chi connectivity index (χ3n) is 3.32. The van der Waals surface area contributed by atoms with Crippen molar-refractivity contribution < 1.29 is 14.3 Å². The molecule has 1 aliphatic carbocycles. The van der Waals surface area contributed by atoms with Crippen molar-refractivity contribution in [1.29, 1.82) is 0 Å². The number of aromatic nitrogens is 2. The van der Waals surface area contributed by atoms with E-state index in [1.807, 2.05) is 0 Å². The Hall–Kier alpha value is -1.82. The zero-order valence-corrected chi connectivity index (χ0v) is 11.8. The molecule has 1 aliphatic rings. The standard InChI is InChI=1S/C14H10BrFN2O2/c15-7-1-2-11(16)10(5-7)12-3-4-17-13(18-12)8-6-9(8)14(19)20/h1-5,8-9H,6H2,(H,19,20). The van der Waals surface area contributed by atoms with Crippen LogP contribution in [0.4, 0.5) is 4.39 Å². The van der Waals surface area contributed by atoms with Gasteiger partial charge < -0.3 is 5.11 Å². The number of hydrogen-bond acceptors (Lipinski definition) is 3. The Balaban J connectivity index is 1.96. The normalized spacial score (nSPS) is 20.7. The molecule has 2 atom stereocenters. The van der Waals surface area contributed by atoms with Gasteiger partial charge in [0, 0.05) is 22.2 Å². The highest BCUT2D eigenvalue weighted by Gasteiger charge is 2.46. The summed E-state index contributed by atoms with van der Waals surface area (Å²) < 4.78 is 14.6. The van der Waals surface area contributed by atoms with Gasteiger partial charge in [-0.05, 0) is 30.7 Å². The third-order valence-corrected chi connectivity index (χ3v) is 3.81. The molecule has 0 bridgehead atoms. The average molecular weight is 337 g/mol. The molecule has 0 amide bonds. The van der Waals surface area contributed by atoms with Crippen LogP contribution in [0.25, 0.3) is 11.3 Å². The van der Waals surface area contributed by atoms with Crippen LogP contribution in [0.5, 0.6) is 0 Å². The van der Waals surface area contributed by atoms with Gasteiger partial charge in [-0.1, -0.05) is 15.9 Å². The maximum Gasteiger partial charge on any atom is 0.307 e. The van der Waals surface area contributed by atoms with Crippen molar-refractivity contribution in [1.82, 2.24) is 9.97 Å².